The number of thiazole rings is 1. The quantitative estimate of drug-likeness (QED) is 0.790. The van der Waals surface area contributed by atoms with Gasteiger partial charge in [-0.15, -0.1) is 11.3 Å². The standard InChI is InChI=1S/C12H14F3N3O2S/c1-7-16-4-8(21-7)5-17(2)9-3-10(19)18(11(9)20)6-12(13,14)15/h4,9H,3,5-6H2,1-2H3/t9-/m0/s1. The van der Waals surface area contributed by atoms with Crippen molar-refractivity contribution in [3.05, 3.63) is 16.1 Å². The number of nitrogens with zero attached hydrogens (tertiary/aromatic N) is 3. The van der Waals surface area contributed by atoms with Gasteiger partial charge in [0.2, 0.25) is 11.8 Å². The van der Waals surface area contributed by atoms with E-state index >= 15 is 0 Å². The van der Waals surface area contributed by atoms with Crippen LogP contribution in [-0.2, 0) is 16.1 Å². The highest BCUT2D eigenvalue weighted by Gasteiger charge is 2.45. The van der Waals surface area contributed by atoms with Crippen LogP contribution in [0.5, 0.6) is 0 Å². The highest BCUT2D eigenvalue weighted by molar-refractivity contribution is 7.11. The first-order chi connectivity index (χ1) is 9.67. The number of carbonyl (C=O) groups excluding carboxylic acids is 2. The summed E-state index contributed by atoms with van der Waals surface area (Å²) in [4.78, 5) is 30.4. The normalized spacial score (nSPS) is 19.9. The molecule has 1 aliphatic heterocycles. The van der Waals surface area contributed by atoms with Crippen LogP contribution in [0.15, 0.2) is 6.20 Å². The van der Waals surface area contributed by atoms with Gasteiger partial charge in [0.25, 0.3) is 0 Å². The molecule has 1 atom stereocenters. The monoisotopic (exact) mass is 321 g/mol. The second-order valence-electron chi connectivity index (χ2n) is 4.91. The molecule has 0 spiro atoms. The van der Waals surface area contributed by atoms with Gasteiger partial charge in [0.15, 0.2) is 0 Å². The lowest BCUT2D eigenvalue weighted by molar-refractivity contribution is -0.166. The van der Waals surface area contributed by atoms with Crippen molar-refractivity contribution in [2.45, 2.75) is 32.1 Å². The number of carbonyl (C=O) groups is 2. The fourth-order valence-corrected chi connectivity index (χ4v) is 3.05. The Morgan fingerprint density at radius 3 is 2.67 bits per heavy atom. The van der Waals surface area contributed by atoms with Gasteiger partial charge in [0, 0.05) is 17.6 Å². The van der Waals surface area contributed by atoms with Gasteiger partial charge in [-0.05, 0) is 14.0 Å². The van der Waals surface area contributed by atoms with E-state index in [1.54, 1.807) is 18.1 Å². The number of alkyl halides is 3. The molecule has 21 heavy (non-hydrogen) atoms. The van der Waals surface area contributed by atoms with E-state index in [0.717, 1.165) is 9.88 Å². The molecule has 0 aromatic carbocycles. The van der Waals surface area contributed by atoms with E-state index in [-0.39, 0.29) is 6.42 Å². The first kappa shape index (κ1) is 15.9. The average molecular weight is 321 g/mol. The van der Waals surface area contributed by atoms with Crippen LogP contribution in [0.4, 0.5) is 13.2 Å². The van der Waals surface area contributed by atoms with Gasteiger partial charge < -0.3 is 0 Å². The van der Waals surface area contributed by atoms with Crippen molar-refractivity contribution in [1.82, 2.24) is 14.8 Å². The van der Waals surface area contributed by atoms with Crippen molar-refractivity contribution in [1.29, 1.82) is 0 Å². The molecule has 0 radical (unpaired) electrons. The fourth-order valence-electron chi connectivity index (χ4n) is 2.19. The highest BCUT2D eigenvalue weighted by Crippen LogP contribution is 2.25. The summed E-state index contributed by atoms with van der Waals surface area (Å²) >= 11 is 1.45. The van der Waals surface area contributed by atoms with Gasteiger partial charge in [-0.25, -0.2) is 4.98 Å². The number of likely N-dealkylation sites (N-methyl/N-ethyl adjacent to an activating group) is 1. The lowest BCUT2D eigenvalue weighted by Crippen LogP contribution is -2.43. The minimum atomic E-state index is -4.58. The molecule has 116 valence electrons. The number of hydrogen-bond donors (Lipinski definition) is 0. The van der Waals surface area contributed by atoms with E-state index in [2.05, 4.69) is 4.98 Å². The Bertz CT molecular complexity index is 558. The van der Waals surface area contributed by atoms with Gasteiger partial charge in [-0.2, -0.15) is 13.2 Å². The molecule has 1 aromatic rings. The Balaban J connectivity index is 2.04. The maximum Gasteiger partial charge on any atom is 0.406 e. The molecule has 2 amide bonds. The third-order valence-electron chi connectivity index (χ3n) is 3.16. The second kappa shape index (κ2) is 5.72. The van der Waals surface area contributed by atoms with E-state index in [4.69, 9.17) is 0 Å². The number of imide groups is 1. The van der Waals surface area contributed by atoms with Crippen LogP contribution in [-0.4, -0.2) is 52.4 Å². The summed E-state index contributed by atoms with van der Waals surface area (Å²) in [6.45, 7) is 0.688. The molecule has 0 N–H and O–H groups in total. The molecule has 1 aromatic heterocycles. The molecule has 0 bridgehead atoms. The van der Waals surface area contributed by atoms with Crippen molar-refractivity contribution in [2.24, 2.45) is 0 Å². The fraction of sp³-hybridized carbons (Fsp3) is 0.583. The SMILES string of the molecule is Cc1ncc(CN(C)[C@H]2CC(=O)N(CC(F)(F)F)C2=O)s1. The molecule has 0 saturated carbocycles. The molecule has 2 rings (SSSR count). The Morgan fingerprint density at radius 2 is 2.14 bits per heavy atom. The van der Waals surface area contributed by atoms with Crippen LogP contribution in [0.1, 0.15) is 16.3 Å². The van der Waals surface area contributed by atoms with E-state index in [9.17, 15) is 22.8 Å². The Hall–Kier alpha value is -1.48. The van der Waals surface area contributed by atoms with Gasteiger partial charge in [0.05, 0.1) is 17.5 Å². The van der Waals surface area contributed by atoms with Crippen LogP contribution in [0.25, 0.3) is 0 Å². The molecular formula is C12H14F3N3O2S. The zero-order valence-corrected chi connectivity index (χ0v) is 12.3. The molecule has 9 heteroatoms. The molecule has 1 aliphatic rings. The molecule has 0 unspecified atom stereocenters. The minimum absolute atomic E-state index is 0.219. The summed E-state index contributed by atoms with van der Waals surface area (Å²) in [6, 6.07) is -0.845. The Kier molecular flexibility index (Phi) is 4.33. The van der Waals surface area contributed by atoms with Crippen LogP contribution < -0.4 is 0 Å². The van der Waals surface area contributed by atoms with Crippen LogP contribution >= 0.6 is 11.3 Å². The van der Waals surface area contributed by atoms with E-state index in [1.807, 2.05) is 6.92 Å². The number of aromatic nitrogens is 1. The van der Waals surface area contributed by atoms with Gasteiger partial charge >= 0.3 is 6.18 Å². The van der Waals surface area contributed by atoms with Crippen LogP contribution in [0.3, 0.4) is 0 Å². The number of likely N-dealkylation sites (tertiary alicyclic amines) is 1. The third kappa shape index (κ3) is 3.79. The number of rotatable bonds is 4. The largest absolute Gasteiger partial charge is 0.406 e. The van der Waals surface area contributed by atoms with Crippen molar-refractivity contribution >= 4 is 23.2 Å². The smallest absolute Gasteiger partial charge is 0.289 e. The van der Waals surface area contributed by atoms with Crippen LogP contribution in [0.2, 0.25) is 0 Å². The number of aryl methyl sites for hydroxylation is 1. The predicted molar refractivity (Wildman–Crippen MR) is 69.5 cm³/mol. The maximum absolute atomic E-state index is 12.4. The van der Waals surface area contributed by atoms with Crippen molar-refractivity contribution < 1.29 is 22.8 Å². The van der Waals surface area contributed by atoms with Gasteiger partial charge in [-0.1, -0.05) is 0 Å². The molecule has 2 heterocycles. The molecule has 1 saturated heterocycles. The lowest BCUT2D eigenvalue weighted by Gasteiger charge is -2.22. The van der Waals surface area contributed by atoms with E-state index in [1.165, 1.54) is 11.3 Å². The van der Waals surface area contributed by atoms with Crippen molar-refractivity contribution in [3.63, 3.8) is 0 Å². The number of hydrogen-bond acceptors (Lipinski definition) is 5. The second-order valence-corrected chi connectivity index (χ2v) is 6.23. The zero-order chi connectivity index (χ0) is 15.8. The molecule has 5 nitrogen and oxygen atoms in total. The third-order valence-corrected chi connectivity index (χ3v) is 4.06. The maximum atomic E-state index is 12.4. The van der Waals surface area contributed by atoms with Gasteiger partial charge in [0.1, 0.15) is 6.54 Å². The Morgan fingerprint density at radius 1 is 1.48 bits per heavy atom. The summed E-state index contributed by atoms with van der Waals surface area (Å²) in [5.41, 5.74) is 0. The van der Waals surface area contributed by atoms with E-state index < -0.39 is 30.6 Å². The summed E-state index contributed by atoms with van der Waals surface area (Å²) in [6.07, 6.45) is -3.14. The zero-order valence-electron chi connectivity index (χ0n) is 11.5. The first-order valence-corrected chi connectivity index (χ1v) is 7.01. The topological polar surface area (TPSA) is 53.5 Å². The van der Waals surface area contributed by atoms with Gasteiger partial charge in [-0.3, -0.25) is 19.4 Å². The molecular weight excluding hydrogens is 307 g/mol. The summed E-state index contributed by atoms with van der Waals surface area (Å²) in [5.74, 6) is -1.57. The minimum Gasteiger partial charge on any atom is -0.289 e. The first-order valence-electron chi connectivity index (χ1n) is 6.20. The van der Waals surface area contributed by atoms with E-state index in [0.29, 0.717) is 11.4 Å². The summed E-state index contributed by atoms with van der Waals surface area (Å²) in [5, 5.41) is 0.867. The highest BCUT2D eigenvalue weighted by atomic mass is 32.1. The van der Waals surface area contributed by atoms with Crippen molar-refractivity contribution in [2.75, 3.05) is 13.6 Å². The van der Waals surface area contributed by atoms with Crippen LogP contribution in [0, 0.1) is 6.92 Å². The number of halogens is 3. The molecule has 0 aliphatic carbocycles. The lowest BCUT2D eigenvalue weighted by atomic mass is 10.2. The summed E-state index contributed by atoms with van der Waals surface area (Å²) in [7, 11) is 1.61. The summed E-state index contributed by atoms with van der Waals surface area (Å²) < 4.78 is 37.1. The average Bonchev–Trinajstić information content (AvgIpc) is 2.86. The number of amides is 2. The molecule has 1 fully saturated rings. The predicted octanol–water partition coefficient (Wildman–Crippen LogP) is 1.57. The Labute approximate surface area is 123 Å². The van der Waals surface area contributed by atoms with Crippen molar-refractivity contribution in [3.8, 4) is 0 Å².